The molecule has 0 bridgehead atoms. The number of rotatable bonds is 7. The van der Waals surface area contributed by atoms with E-state index < -0.39 is 0 Å². The number of carbonyl (C=O) groups is 1. The van der Waals surface area contributed by atoms with Crippen LogP contribution in [0.1, 0.15) is 23.3 Å². The van der Waals surface area contributed by atoms with Gasteiger partial charge in [0.1, 0.15) is 5.69 Å². The molecule has 152 valence electrons. The van der Waals surface area contributed by atoms with Crippen LogP contribution in [0.15, 0.2) is 40.9 Å². The summed E-state index contributed by atoms with van der Waals surface area (Å²) in [6, 6.07) is 12.0. The number of halogens is 1. The predicted molar refractivity (Wildman–Crippen MR) is 119 cm³/mol. The van der Waals surface area contributed by atoms with Gasteiger partial charge in [-0.2, -0.15) is 0 Å². The van der Waals surface area contributed by atoms with E-state index in [1.807, 2.05) is 41.9 Å². The van der Waals surface area contributed by atoms with Crippen LogP contribution in [0.2, 0.25) is 0 Å². The third-order valence-electron chi connectivity index (χ3n) is 5.63. The summed E-state index contributed by atoms with van der Waals surface area (Å²) >= 11 is 3.60. The van der Waals surface area contributed by atoms with Gasteiger partial charge in [-0.25, -0.2) is 0 Å². The summed E-state index contributed by atoms with van der Waals surface area (Å²) < 4.78 is 3.00. The largest absolute Gasteiger partial charge is 0.350 e. The Balaban J connectivity index is 1.52. The Kier molecular flexibility index (Phi) is 7.32. The smallest absolute Gasteiger partial charge is 0.267 e. The van der Waals surface area contributed by atoms with Crippen molar-refractivity contribution in [2.75, 3.05) is 46.8 Å². The Labute approximate surface area is 176 Å². The van der Waals surface area contributed by atoms with Gasteiger partial charge in [0.2, 0.25) is 0 Å². The Morgan fingerprint density at radius 2 is 1.89 bits per heavy atom. The van der Waals surface area contributed by atoms with E-state index in [1.54, 1.807) is 0 Å². The number of amides is 1. The van der Waals surface area contributed by atoms with Crippen LogP contribution in [0.5, 0.6) is 0 Å². The van der Waals surface area contributed by atoms with Gasteiger partial charge in [-0.15, -0.1) is 0 Å². The predicted octanol–water partition coefficient (Wildman–Crippen LogP) is 3.46. The van der Waals surface area contributed by atoms with E-state index in [0.717, 1.165) is 61.3 Å². The number of carbonyl (C=O) groups excluding carboxylic acids is 1. The molecule has 1 aromatic carbocycles. The number of benzene rings is 1. The van der Waals surface area contributed by atoms with Gasteiger partial charge < -0.3 is 19.7 Å². The van der Waals surface area contributed by atoms with Crippen molar-refractivity contribution < 1.29 is 4.79 Å². The van der Waals surface area contributed by atoms with Crippen LogP contribution in [0.25, 0.3) is 11.3 Å². The molecular formula is C22H31BrN4O. The van der Waals surface area contributed by atoms with E-state index in [0.29, 0.717) is 11.6 Å². The van der Waals surface area contributed by atoms with Gasteiger partial charge in [-0.3, -0.25) is 4.79 Å². The van der Waals surface area contributed by atoms with Crippen molar-refractivity contribution in [1.29, 1.82) is 0 Å². The third kappa shape index (κ3) is 5.25. The lowest BCUT2D eigenvalue weighted by atomic mass is 9.97. The molecule has 1 fully saturated rings. The van der Waals surface area contributed by atoms with Crippen molar-refractivity contribution in [3.05, 3.63) is 46.6 Å². The summed E-state index contributed by atoms with van der Waals surface area (Å²) in [5, 5.41) is 3.16. The van der Waals surface area contributed by atoms with Gasteiger partial charge in [-0.1, -0.05) is 34.1 Å². The molecular weight excluding hydrogens is 416 g/mol. The molecule has 0 atom stereocenters. The third-order valence-corrected chi connectivity index (χ3v) is 6.32. The van der Waals surface area contributed by atoms with E-state index in [2.05, 4.69) is 51.2 Å². The van der Waals surface area contributed by atoms with E-state index >= 15 is 0 Å². The number of nitrogens with one attached hydrogen (secondary N) is 1. The normalized spacial score (nSPS) is 15.9. The van der Waals surface area contributed by atoms with Crippen LogP contribution in [-0.2, 0) is 7.05 Å². The first-order valence-corrected chi connectivity index (χ1v) is 10.8. The number of hydrogen-bond acceptors (Lipinski definition) is 3. The van der Waals surface area contributed by atoms with E-state index in [1.165, 1.54) is 0 Å². The lowest BCUT2D eigenvalue weighted by Crippen LogP contribution is -2.41. The number of hydrogen-bond donors (Lipinski definition) is 1. The minimum absolute atomic E-state index is 0.0100. The van der Waals surface area contributed by atoms with Crippen LogP contribution in [0.3, 0.4) is 0 Å². The molecule has 6 heteroatoms. The van der Waals surface area contributed by atoms with E-state index in [4.69, 9.17) is 0 Å². The van der Waals surface area contributed by atoms with Crippen molar-refractivity contribution >= 4 is 21.8 Å². The van der Waals surface area contributed by atoms with Crippen LogP contribution in [0.4, 0.5) is 0 Å². The average molecular weight is 447 g/mol. The summed E-state index contributed by atoms with van der Waals surface area (Å²) in [7, 11) is 6.19. The molecule has 2 heterocycles. The summed E-state index contributed by atoms with van der Waals surface area (Å²) in [6.07, 6.45) is 2.31. The molecule has 1 aliphatic heterocycles. The first-order valence-electron chi connectivity index (χ1n) is 10.0. The molecule has 0 spiro atoms. The topological polar surface area (TPSA) is 40.5 Å². The van der Waals surface area contributed by atoms with Gasteiger partial charge >= 0.3 is 0 Å². The second kappa shape index (κ2) is 9.72. The number of likely N-dealkylation sites (N-methyl/N-ethyl adjacent to an activating group) is 1. The standard InChI is InChI=1S/C22H31BrN4O/c1-25(2)14-15-27-12-10-17(11-13-27)16-24-22(28)21-9-8-20(26(21)3)18-6-4-5-7-19(18)23/h4-9,17H,10-16H2,1-3H3,(H,24,28). The van der Waals surface area contributed by atoms with Crippen molar-refractivity contribution in [2.24, 2.45) is 13.0 Å². The van der Waals surface area contributed by atoms with Gasteiger partial charge in [0.25, 0.3) is 5.91 Å². The maximum absolute atomic E-state index is 12.7. The lowest BCUT2D eigenvalue weighted by molar-refractivity contribution is 0.0927. The molecule has 0 radical (unpaired) electrons. The van der Waals surface area contributed by atoms with Crippen LogP contribution in [-0.4, -0.2) is 67.1 Å². The second-order valence-electron chi connectivity index (χ2n) is 7.94. The minimum Gasteiger partial charge on any atom is -0.350 e. The first kappa shape index (κ1) is 21.1. The van der Waals surface area contributed by atoms with Crippen LogP contribution < -0.4 is 5.32 Å². The summed E-state index contributed by atoms with van der Waals surface area (Å²) in [5.74, 6) is 0.582. The highest BCUT2D eigenvalue weighted by Crippen LogP contribution is 2.29. The monoisotopic (exact) mass is 446 g/mol. The number of piperidine rings is 1. The zero-order chi connectivity index (χ0) is 20.1. The Morgan fingerprint density at radius 1 is 1.18 bits per heavy atom. The summed E-state index contributed by atoms with van der Waals surface area (Å²) in [6.45, 7) is 5.26. The average Bonchev–Trinajstić information content (AvgIpc) is 3.07. The van der Waals surface area contributed by atoms with E-state index in [9.17, 15) is 4.79 Å². The number of nitrogens with zero attached hydrogens (tertiary/aromatic N) is 3. The number of likely N-dealkylation sites (tertiary alicyclic amines) is 1. The molecule has 2 aromatic rings. The molecule has 1 aromatic heterocycles. The van der Waals surface area contributed by atoms with Gasteiger partial charge in [0.15, 0.2) is 0 Å². The molecule has 28 heavy (non-hydrogen) atoms. The van der Waals surface area contributed by atoms with Crippen molar-refractivity contribution in [3.8, 4) is 11.3 Å². The van der Waals surface area contributed by atoms with Crippen molar-refractivity contribution in [1.82, 2.24) is 19.7 Å². The molecule has 1 saturated heterocycles. The highest BCUT2D eigenvalue weighted by Gasteiger charge is 2.21. The Morgan fingerprint density at radius 3 is 2.57 bits per heavy atom. The summed E-state index contributed by atoms with van der Waals surface area (Å²) in [4.78, 5) is 17.5. The lowest BCUT2D eigenvalue weighted by Gasteiger charge is -2.32. The van der Waals surface area contributed by atoms with Gasteiger partial charge in [0.05, 0.1) is 0 Å². The van der Waals surface area contributed by atoms with Crippen molar-refractivity contribution in [2.45, 2.75) is 12.8 Å². The highest BCUT2D eigenvalue weighted by atomic mass is 79.9. The quantitative estimate of drug-likeness (QED) is 0.707. The minimum atomic E-state index is 0.0100. The molecule has 0 unspecified atom stereocenters. The van der Waals surface area contributed by atoms with Crippen LogP contribution >= 0.6 is 15.9 Å². The first-order chi connectivity index (χ1) is 13.5. The maximum atomic E-state index is 12.7. The molecule has 5 nitrogen and oxygen atoms in total. The molecule has 1 amide bonds. The van der Waals surface area contributed by atoms with Crippen molar-refractivity contribution in [3.63, 3.8) is 0 Å². The number of aromatic nitrogens is 1. The molecule has 0 saturated carbocycles. The van der Waals surface area contributed by atoms with Gasteiger partial charge in [0, 0.05) is 42.4 Å². The fourth-order valence-corrected chi connectivity index (χ4v) is 4.25. The SMILES string of the molecule is CN(C)CCN1CCC(CNC(=O)c2ccc(-c3ccccc3Br)n2C)CC1. The highest BCUT2D eigenvalue weighted by molar-refractivity contribution is 9.10. The Bertz CT molecular complexity index is 794. The molecule has 1 N–H and O–H groups in total. The molecule has 1 aliphatic rings. The summed E-state index contributed by atoms with van der Waals surface area (Å²) in [5.41, 5.74) is 2.83. The second-order valence-corrected chi connectivity index (χ2v) is 8.80. The Hall–Kier alpha value is -1.63. The van der Waals surface area contributed by atoms with Crippen LogP contribution in [0, 0.1) is 5.92 Å². The zero-order valence-electron chi connectivity index (χ0n) is 17.1. The maximum Gasteiger partial charge on any atom is 0.267 e. The van der Waals surface area contributed by atoms with Gasteiger partial charge in [-0.05, 0) is 64.1 Å². The zero-order valence-corrected chi connectivity index (χ0v) is 18.7. The fourth-order valence-electron chi connectivity index (χ4n) is 3.76. The molecule has 3 rings (SSSR count). The van der Waals surface area contributed by atoms with E-state index in [-0.39, 0.29) is 5.91 Å². The molecule has 0 aliphatic carbocycles. The fraction of sp³-hybridized carbons (Fsp3) is 0.500.